The van der Waals surface area contributed by atoms with Crippen LogP contribution in [-0.2, 0) is 11.3 Å². The van der Waals surface area contributed by atoms with Gasteiger partial charge in [0.1, 0.15) is 6.07 Å². The molecule has 32 heavy (non-hydrogen) atoms. The fraction of sp³-hybridized carbons (Fsp3) is 0.815. The fourth-order valence-electron chi connectivity index (χ4n) is 8.85. The molecule has 4 fully saturated rings. The molecule has 5 rings (SSSR count). The van der Waals surface area contributed by atoms with Crippen LogP contribution in [0.3, 0.4) is 0 Å². The average Bonchev–Trinajstić information content (AvgIpc) is 3.32. The molecule has 0 bridgehead atoms. The Labute approximate surface area is 192 Å². The summed E-state index contributed by atoms with van der Waals surface area (Å²) in [5.41, 5.74) is 0.460. The van der Waals surface area contributed by atoms with Crippen LogP contribution in [0.1, 0.15) is 90.5 Å². The van der Waals surface area contributed by atoms with Crippen LogP contribution < -0.4 is 0 Å². The molecule has 0 spiro atoms. The molecule has 0 saturated heterocycles. The van der Waals surface area contributed by atoms with Gasteiger partial charge in [0.05, 0.1) is 23.9 Å². The number of hydrogen-bond acceptors (Lipinski definition) is 4. The number of nitrogens with zero attached hydrogens (tertiary/aromatic N) is 3. The molecule has 174 valence electrons. The monoisotopic (exact) mass is 437 g/mol. The maximum atomic E-state index is 13.4. The maximum absolute atomic E-state index is 13.4. The summed E-state index contributed by atoms with van der Waals surface area (Å²) in [6.07, 6.45) is 14.6. The third kappa shape index (κ3) is 3.45. The molecule has 1 N–H and O–H groups in total. The zero-order valence-corrected chi connectivity index (χ0v) is 20.0. The molecular formula is C27H39N3O2. The summed E-state index contributed by atoms with van der Waals surface area (Å²) >= 11 is 0. The highest BCUT2D eigenvalue weighted by Crippen LogP contribution is 2.67. The minimum absolute atomic E-state index is 0.100. The molecule has 0 unspecified atom stereocenters. The van der Waals surface area contributed by atoms with Gasteiger partial charge >= 0.3 is 0 Å². The molecule has 4 saturated carbocycles. The summed E-state index contributed by atoms with van der Waals surface area (Å²) in [6, 6.07) is 2.10. The molecule has 1 aromatic heterocycles. The summed E-state index contributed by atoms with van der Waals surface area (Å²) in [4.78, 5) is 13.4. The van der Waals surface area contributed by atoms with E-state index in [-0.39, 0.29) is 17.9 Å². The second-order valence-corrected chi connectivity index (χ2v) is 12.4. The van der Waals surface area contributed by atoms with Gasteiger partial charge in [-0.2, -0.15) is 10.4 Å². The highest BCUT2D eigenvalue weighted by Gasteiger charge is 2.60. The van der Waals surface area contributed by atoms with Crippen LogP contribution in [-0.4, -0.2) is 26.3 Å². The van der Waals surface area contributed by atoms with E-state index in [1.807, 2.05) is 6.92 Å². The summed E-state index contributed by atoms with van der Waals surface area (Å²) in [5, 5.41) is 24.0. The molecule has 0 radical (unpaired) electrons. The van der Waals surface area contributed by atoms with Crippen molar-refractivity contribution in [2.45, 2.75) is 97.1 Å². The van der Waals surface area contributed by atoms with Crippen molar-refractivity contribution in [3.8, 4) is 6.07 Å². The minimum atomic E-state index is -0.498. The lowest BCUT2D eigenvalue weighted by molar-refractivity contribution is -0.134. The van der Waals surface area contributed by atoms with E-state index in [0.717, 1.165) is 49.9 Å². The van der Waals surface area contributed by atoms with E-state index < -0.39 is 5.60 Å². The lowest BCUT2D eigenvalue weighted by atomic mass is 9.46. The van der Waals surface area contributed by atoms with Crippen molar-refractivity contribution in [1.29, 1.82) is 5.26 Å². The first-order chi connectivity index (χ1) is 15.2. The Morgan fingerprint density at radius 1 is 1.06 bits per heavy atom. The largest absolute Gasteiger partial charge is 0.390 e. The summed E-state index contributed by atoms with van der Waals surface area (Å²) in [7, 11) is 0. The molecule has 4 aliphatic carbocycles. The van der Waals surface area contributed by atoms with Gasteiger partial charge in [-0.1, -0.05) is 13.8 Å². The molecule has 5 nitrogen and oxygen atoms in total. The van der Waals surface area contributed by atoms with Crippen LogP contribution >= 0.6 is 0 Å². The van der Waals surface area contributed by atoms with Gasteiger partial charge in [0.15, 0.2) is 5.78 Å². The van der Waals surface area contributed by atoms with Gasteiger partial charge < -0.3 is 5.11 Å². The van der Waals surface area contributed by atoms with Gasteiger partial charge in [0, 0.05) is 12.1 Å². The Morgan fingerprint density at radius 3 is 2.59 bits per heavy atom. The van der Waals surface area contributed by atoms with Crippen LogP contribution in [0.4, 0.5) is 0 Å². The van der Waals surface area contributed by atoms with E-state index in [4.69, 9.17) is 5.26 Å². The Kier molecular flexibility index (Phi) is 5.32. The van der Waals surface area contributed by atoms with Gasteiger partial charge in [-0.3, -0.25) is 9.48 Å². The van der Waals surface area contributed by atoms with Crippen LogP contribution in [0.25, 0.3) is 0 Å². The second kappa shape index (κ2) is 7.69. The number of carbonyl (C=O) groups excluding carboxylic acids is 1. The molecular weight excluding hydrogens is 398 g/mol. The van der Waals surface area contributed by atoms with Crippen molar-refractivity contribution in [2.24, 2.45) is 40.4 Å². The van der Waals surface area contributed by atoms with Crippen LogP contribution in [0.2, 0.25) is 0 Å². The molecule has 0 aliphatic heterocycles. The molecule has 1 aromatic rings. The minimum Gasteiger partial charge on any atom is -0.390 e. The number of ketones is 1. The smallest absolute Gasteiger partial charge is 0.157 e. The predicted molar refractivity (Wildman–Crippen MR) is 122 cm³/mol. The average molecular weight is 438 g/mol. The Balaban J connectivity index is 1.34. The standard InChI is InChI=1S/C27H39N3O2/c1-25(32)10-8-19-4-5-20-21-6-7-23(24(31)17-30-16-18(14-28)15-29-30)27(21,3)11-9-22(20)26(19,2)13-12-25/h15-16,19-23,32H,4-13,17H2,1-3H3/t19-,20-,21-,22-,23+,25-,26-,27-/m0/s1. The number of aliphatic hydroxyl groups is 1. The molecule has 4 aliphatic rings. The number of fused-ring (bicyclic) bond motifs is 5. The van der Waals surface area contributed by atoms with E-state index in [0.29, 0.717) is 22.7 Å². The molecule has 1 heterocycles. The number of rotatable bonds is 3. The third-order valence-corrected chi connectivity index (χ3v) is 10.8. The van der Waals surface area contributed by atoms with E-state index >= 15 is 0 Å². The summed E-state index contributed by atoms with van der Waals surface area (Å²) in [5.74, 6) is 3.27. The summed E-state index contributed by atoms with van der Waals surface area (Å²) in [6.45, 7) is 7.27. The third-order valence-electron chi connectivity index (χ3n) is 10.8. The normalized spacial score (nSPS) is 45.8. The lowest BCUT2D eigenvalue weighted by Gasteiger charge is -2.59. The number of nitriles is 1. The topological polar surface area (TPSA) is 78.9 Å². The van der Waals surface area contributed by atoms with Crippen LogP contribution in [0, 0.1) is 51.8 Å². The highest BCUT2D eigenvalue weighted by atomic mass is 16.3. The number of hydrogen-bond donors (Lipinski definition) is 1. The van der Waals surface area contributed by atoms with Crippen molar-refractivity contribution in [2.75, 3.05) is 0 Å². The first-order valence-corrected chi connectivity index (χ1v) is 12.8. The summed E-state index contributed by atoms with van der Waals surface area (Å²) < 4.78 is 1.65. The van der Waals surface area contributed by atoms with E-state index in [1.165, 1.54) is 32.1 Å². The number of Topliss-reactive ketones (excluding diaryl/α,β-unsaturated/α-hetero) is 1. The predicted octanol–water partition coefficient (Wildman–Crippen LogP) is 5.12. The zero-order valence-electron chi connectivity index (χ0n) is 20.0. The van der Waals surface area contributed by atoms with Crippen molar-refractivity contribution in [3.05, 3.63) is 18.0 Å². The van der Waals surface area contributed by atoms with E-state index in [2.05, 4.69) is 25.0 Å². The van der Waals surface area contributed by atoms with Crippen molar-refractivity contribution in [3.63, 3.8) is 0 Å². The quantitative estimate of drug-likeness (QED) is 0.711. The Morgan fingerprint density at radius 2 is 1.84 bits per heavy atom. The van der Waals surface area contributed by atoms with E-state index in [9.17, 15) is 9.90 Å². The van der Waals surface area contributed by atoms with Gasteiger partial charge in [-0.15, -0.1) is 0 Å². The van der Waals surface area contributed by atoms with Crippen molar-refractivity contribution < 1.29 is 9.90 Å². The van der Waals surface area contributed by atoms with Crippen molar-refractivity contribution >= 4 is 5.78 Å². The van der Waals surface area contributed by atoms with Gasteiger partial charge in [0.25, 0.3) is 0 Å². The molecule has 5 heteroatoms. The zero-order chi connectivity index (χ0) is 22.7. The van der Waals surface area contributed by atoms with Gasteiger partial charge in [-0.25, -0.2) is 0 Å². The molecule has 8 atom stereocenters. The molecule has 0 aromatic carbocycles. The van der Waals surface area contributed by atoms with Crippen molar-refractivity contribution in [1.82, 2.24) is 9.78 Å². The Hall–Kier alpha value is -1.67. The molecule has 0 amide bonds. The van der Waals surface area contributed by atoms with Gasteiger partial charge in [0.2, 0.25) is 0 Å². The fourth-order valence-corrected chi connectivity index (χ4v) is 8.85. The highest BCUT2D eigenvalue weighted by molar-refractivity contribution is 5.82. The first-order valence-electron chi connectivity index (χ1n) is 12.8. The Bertz CT molecular complexity index is 930. The van der Waals surface area contributed by atoms with Crippen LogP contribution in [0.15, 0.2) is 12.4 Å². The van der Waals surface area contributed by atoms with E-state index in [1.54, 1.807) is 17.1 Å². The SMILES string of the molecule is C[C@]1(O)CC[C@@H]2CC[C@@H]3[C@H](CC[C@]4(C)[C@@H](C(=O)Cn5cc(C#N)cn5)CC[C@@H]34)[C@@]2(C)CC1. The van der Waals surface area contributed by atoms with Crippen LogP contribution in [0.5, 0.6) is 0 Å². The second-order valence-electron chi connectivity index (χ2n) is 12.4. The lowest BCUT2D eigenvalue weighted by Crippen LogP contribution is -2.52. The van der Waals surface area contributed by atoms with Gasteiger partial charge in [-0.05, 0) is 106 Å². The maximum Gasteiger partial charge on any atom is 0.157 e. The first kappa shape index (κ1) is 22.1. The number of carbonyl (C=O) groups is 1. The number of aromatic nitrogens is 2.